The van der Waals surface area contributed by atoms with Crippen LogP contribution in [0.15, 0.2) is 48.5 Å². The molecule has 8 heteroatoms. The Balaban J connectivity index is 1.64. The molecule has 3 N–H and O–H groups in total. The van der Waals surface area contributed by atoms with Gasteiger partial charge in [-0.3, -0.25) is 4.68 Å². The molecule has 7 nitrogen and oxygen atoms in total. The smallest absolute Gasteiger partial charge is 0.254 e. The second-order valence-corrected chi connectivity index (χ2v) is 8.62. The summed E-state index contributed by atoms with van der Waals surface area (Å²) in [5.74, 6) is 0.476. The van der Waals surface area contributed by atoms with Gasteiger partial charge in [-0.25, -0.2) is 14.2 Å². The average Bonchev–Trinajstić information content (AvgIpc) is 3.12. The number of halogens is 1. The number of aliphatic hydroxyl groups is 1. The van der Waals surface area contributed by atoms with E-state index in [4.69, 9.17) is 17.0 Å². The average molecular weight is 443 g/mol. The quantitative estimate of drug-likeness (QED) is 0.427. The fourth-order valence-electron chi connectivity index (χ4n) is 4.47. The van der Waals surface area contributed by atoms with Crippen LogP contribution in [0.25, 0.3) is 38.3 Å². The van der Waals surface area contributed by atoms with Crippen molar-refractivity contribution in [2.24, 2.45) is 0 Å². The summed E-state index contributed by atoms with van der Waals surface area (Å²) in [6.45, 7) is 9.42. The Labute approximate surface area is 190 Å². The highest BCUT2D eigenvalue weighted by atomic mass is 19.1. The van der Waals surface area contributed by atoms with Crippen LogP contribution in [-0.4, -0.2) is 32.6 Å². The third-order valence-electron chi connectivity index (χ3n) is 6.14. The molecule has 1 aliphatic carbocycles. The lowest BCUT2D eigenvalue weighted by Crippen LogP contribution is -2.42. The van der Waals surface area contributed by atoms with Crippen molar-refractivity contribution < 1.29 is 14.2 Å². The molecule has 0 unspecified atom stereocenters. The maximum atomic E-state index is 14.4. The molecule has 2 heterocycles. The van der Waals surface area contributed by atoms with Gasteiger partial charge in [0.1, 0.15) is 23.1 Å². The molecule has 0 radical (unpaired) electrons. The molecule has 5 rings (SSSR count). The van der Waals surface area contributed by atoms with E-state index in [1.165, 1.54) is 6.07 Å². The number of aromatic nitrogens is 3. The summed E-state index contributed by atoms with van der Waals surface area (Å²) >= 11 is 0. The fourth-order valence-corrected chi connectivity index (χ4v) is 4.47. The van der Waals surface area contributed by atoms with Gasteiger partial charge >= 0.3 is 0 Å². The van der Waals surface area contributed by atoms with Crippen LogP contribution in [0.2, 0.25) is 0 Å². The molecular formula is C25H22FN5O2. The summed E-state index contributed by atoms with van der Waals surface area (Å²) in [4.78, 5) is 8.29. The molecule has 2 aromatic carbocycles. The minimum Gasteiger partial charge on any atom is -0.496 e. The number of nitrogens with zero attached hydrogens (tertiary/aromatic N) is 4. The van der Waals surface area contributed by atoms with Crippen LogP contribution in [0.3, 0.4) is 0 Å². The number of fused-ring (bicyclic) bond motifs is 1. The first-order valence-electron chi connectivity index (χ1n) is 10.5. The van der Waals surface area contributed by atoms with Crippen LogP contribution in [-0.2, 0) is 0 Å². The molecule has 1 fully saturated rings. The third-order valence-corrected chi connectivity index (χ3v) is 6.14. The van der Waals surface area contributed by atoms with Crippen LogP contribution >= 0.6 is 0 Å². The SMILES string of the molecule is [C-]#[N+]c1c(-c2ccc3c(OC)cc(-c4ccccc4F)nc3c2)nn(C2CC(C)(O)C2)c1N. The van der Waals surface area contributed by atoms with Gasteiger partial charge in [0.15, 0.2) is 0 Å². The molecule has 33 heavy (non-hydrogen) atoms. The number of rotatable bonds is 4. The number of methoxy groups -OCH3 is 1. The van der Waals surface area contributed by atoms with Crippen molar-refractivity contribution in [2.75, 3.05) is 12.8 Å². The zero-order valence-electron chi connectivity index (χ0n) is 18.2. The molecule has 0 spiro atoms. The van der Waals surface area contributed by atoms with Gasteiger partial charge in [-0.05, 0) is 49.6 Å². The van der Waals surface area contributed by atoms with E-state index in [9.17, 15) is 9.50 Å². The first-order valence-corrected chi connectivity index (χ1v) is 10.5. The van der Waals surface area contributed by atoms with Crippen molar-refractivity contribution in [2.45, 2.75) is 31.4 Å². The summed E-state index contributed by atoms with van der Waals surface area (Å²) in [6, 6.07) is 13.6. The van der Waals surface area contributed by atoms with E-state index in [0.717, 1.165) is 5.39 Å². The van der Waals surface area contributed by atoms with E-state index < -0.39 is 5.60 Å². The Morgan fingerprint density at radius 2 is 2.00 bits per heavy atom. The van der Waals surface area contributed by atoms with E-state index in [2.05, 4.69) is 14.9 Å². The highest BCUT2D eigenvalue weighted by molar-refractivity contribution is 5.93. The molecule has 1 aliphatic rings. The zero-order chi connectivity index (χ0) is 23.3. The van der Waals surface area contributed by atoms with E-state index in [1.54, 1.807) is 49.0 Å². The number of nitrogen functional groups attached to an aromatic ring is 1. The van der Waals surface area contributed by atoms with Crippen molar-refractivity contribution in [1.82, 2.24) is 14.8 Å². The van der Waals surface area contributed by atoms with E-state index in [-0.39, 0.29) is 23.4 Å². The number of pyridine rings is 1. The standard InChI is InChI=1S/C25H22FN5O2/c1-25(32)12-15(13-25)31-24(27)23(28-2)22(30-31)14-8-9-17-19(10-14)29-20(11-21(17)33-3)16-6-4-5-7-18(16)26/h4-11,15,32H,12-13,27H2,1,3H3. The minimum atomic E-state index is -0.742. The van der Waals surface area contributed by atoms with Crippen molar-refractivity contribution >= 4 is 22.4 Å². The van der Waals surface area contributed by atoms with Crippen molar-refractivity contribution in [3.8, 4) is 28.3 Å². The van der Waals surface area contributed by atoms with Crippen LogP contribution in [0.5, 0.6) is 5.75 Å². The number of ether oxygens (including phenoxy) is 1. The van der Waals surface area contributed by atoms with Crippen LogP contribution in [0.4, 0.5) is 15.9 Å². The summed E-state index contributed by atoms with van der Waals surface area (Å²) < 4.78 is 21.6. The Morgan fingerprint density at radius 1 is 1.24 bits per heavy atom. The van der Waals surface area contributed by atoms with Crippen LogP contribution < -0.4 is 10.5 Å². The second-order valence-electron chi connectivity index (χ2n) is 8.62. The molecular weight excluding hydrogens is 421 g/mol. The van der Waals surface area contributed by atoms with Crippen molar-refractivity contribution in [3.63, 3.8) is 0 Å². The van der Waals surface area contributed by atoms with Crippen molar-refractivity contribution in [1.29, 1.82) is 0 Å². The predicted molar refractivity (Wildman–Crippen MR) is 124 cm³/mol. The Bertz CT molecular complexity index is 1430. The molecule has 0 amide bonds. The van der Waals surface area contributed by atoms with E-state index in [0.29, 0.717) is 46.6 Å². The van der Waals surface area contributed by atoms with Gasteiger partial charge in [0, 0.05) is 17.0 Å². The molecule has 2 aromatic heterocycles. The molecule has 0 saturated heterocycles. The lowest BCUT2D eigenvalue weighted by atomic mass is 9.77. The minimum absolute atomic E-state index is 0.0550. The highest BCUT2D eigenvalue weighted by Crippen LogP contribution is 2.46. The number of hydrogen-bond donors (Lipinski definition) is 2. The molecule has 166 valence electrons. The summed E-state index contributed by atoms with van der Waals surface area (Å²) in [5, 5.41) is 15.5. The van der Waals surface area contributed by atoms with Gasteiger partial charge in [0.05, 0.1) is 36.5 Å². The summed E-state index contributed by atoms with van der Waals surface area (Å²) in [7, 11) is 1.56. The van der Waals surface area contributed by atoms with Crippen molar-refractivity contribution in [3.05, 3.63) is 65.8 Å². The predicted octanol–water partition coefficient (Wildman–Crippen LogP) is 5.13. The van der Waals surface area contributed by atoms with E-state index in [1.807, 2.05) is 12.1 Å². The molecule has 0 atom stereocenters. The van der Waals surface area contributed by atoms with Gasteiger partial charge in [-0.15, -0.1) is 0 Å². The van der Waals surface area contributed by atoms with Gasteiger partial charge in [0.2, 0.25) is 0 Å². The largest absolute Gasteiger partial charge is 0.496 e. The van der Waals surface area contributed by atoms with Gasteiger partial charge in [-0.2, -0.15) is 5.10 Å². The van der Waals surface area contributed by atoms with Gasteiger partial charge in [-0.1, -0.05) is 18.2 Å². The third kappa shape index (κ3) is 3.47. The fraction of sp³-hybridized carbons (Fsp3) is 0.240. The topological polar surface area (TPSA) is 90.5 Å². The van der Waals surface area contributed by atoms with Gasteiger partial charge in [0.25, 0.3) is 5.69 Å². The first kappa shape index (κ1) is 20.9. The monoisotopic (exact) mass is 443 g/mol. The Morgan fingerprint density at radius 3 is 2.67 bits per heavy atom. The number of anilines is 1. The lowest BCUT2D eigenvalue weighted by molar-refractivity contribution is -0.0535. The Hall–Kier alpha value is -3.96. The zero-order valence-corrected chi connectivity index (χ0v) is 18.2. The highest BCUT2D eigenvalue weighted by Gasteiger charge is 2.41. The molecule has 1 saturated carbocycles. The molecule has 4 aromatic rings. The maximum absolute atomic E-state index is 14.4. The summed E-state index contributed by atoms with van der Waals surface area (Å²) in [6.07, 6.45) is 1.05. The lowest BCUT2D eigenvalue weighted by Gasteiger charge is -2.41. The van der Waals surface area contributed by atoms with Gasteiger partial charge < -0.3 is 15.6 Å². The normalized spacial score (nSPS) is 19.8. The van der Waals surface area contributed by atoms with Crippen LogP contribution in [0, 0.1) is 12.4 Å². The second kappa shape index (κ2) is 7.57. The maximum Gasteiger partial charge on any atom is 0.254 e. The Kier molecular flexibility index (Phi) is 4.80. The molecule has 0 bridgehead atoms. The first-order chi connectivity index (χ1) is 15.8. The van der Waals surface area contributed by atoms with Crippen LogP contribution in [0.1, 0.15) is 25.8 Å². The number of nitrogens with two attached hydrogens (primary N) is 1. The summed E-state index contributed by atoms with van der Waals surface area (Å²) in [5.41, 5.74) is 8.30. The number of benzene rings is 2. The van der Waals surface area contributed by atoms with E-state index >= 15 is 0 Å². The number of hydrogen-bond acceptors (Lipinski definition) is 5. The molecule has 0 aliphatic heterocycles.